The van der Waals surface area contributed by atoms with Crippen molar-refractivity contribution in [2.75, 3.05) is 24.5 Å². The van der Waals surface area contributed by atoms with Gasteiger partial charge in [0.15, 0.2) is 0 Å². The number of aryl methyl sites for hydroxylation is 1. The summed E-state index contributed by atoms with van der Waals surface area (Å²) in [6.07, 6.45) is 1.69. The van der Waals surface area contributed by atoms with Crippen molar-refractivity contribution < 1.29 is 4.79 Å². The van der Waals surface area contributed by atoms with Crippen LogP contribution in [0.5, 0.6) is 0 Å². The second kappa shape index (κ2) is 5.87. The van der Waals surface area contributed by atoms with E-state index in [2.05, 4.69) is 16.1 Å². The molecule has 0 saturated heterocycles. The van der Waals surface area contributed by atoms with Gasteiger partial charge in [0.05, 0.1) is 12.2 Å². The van der Waals surface area contributed by atoms with Gasteiger partial charge in [-0.15, -0.1) is 0 Å². The lowest BCUT2D eigenvalue weighted by Crippen LogP contribution is -2.42. The van der Waals surface area contributed by atoms with Crippen LogP contribution < -0.4 is 10.5 Å². The molecule has 4 rings (SSSR count). The van der Waals surface area contributed by atoms with Crippen LogP contribution in [0.25, 0.3) is 0 Å². The highest BCUT2D eigenvalue weighted by atomic mass is 16.2. The van der Waals surface area contributed by atoms with Crippen molar-refractivity contribution in [2.24, 2.45) is 7.05 Å². The number of carbonyl (C=O) groups is 1. The molecular weight excluding hydrogens is 304 g/mol. The molecule has 1 aromatic heterocycles. The predicted molar refractivity (Wildman–Crippen MR) is 91.0 cm³/mol. The Morgan fingerprint density at radius 3 is 2.88 bits per heavy atom. The van der Waals surface area contributed by atoms with Gasteiger partial charge in [-0.05, 0) is 23.6 Å². The van der Waals surface area contributed by atoms with Gasteiger partial charge < -0.3 is 4.90 Å². The van der Waals surface area contributed by atoms with Crippen LogP contribution in [0.4, 0.5) is 5.69 Å². The van der Waals surface area contributed by atoms with Gasteiger partial charge in [-0.25, -0.2) is 4.68 Å². The maximum absolute atomic E-state index is 12.7. The number of anilines is 1. The molecule has 2 aliphatic heterocycles. The second-order valence-electron chi connectivity index (χ2n) is 6.46. The molecule has 0 fully saturated rings. The molecule has 0 unspecified atom stereocenters. The lowest BCUT2D eigenvalue weighted by Gasteiger charge is -2.29. The maximum atomic E-state index is 12.7. The topological polar surface area (TPSA) is 58.4 Å². The highest BCUT2D eigenvalue weighted by Gasteiger charge is 2.27. The zero-order valence-corrected chi connectivity index (χ0v) is 13.7. The van der Waals surface area contributed by atoms with E-state index in [9.17, 15) is 9.59 Å². The van der Waals surface area contributed by atoms with Crippen molar-refractivity contribution >= 4 is 11.6 Å². The van der Waals surface area contributed by atoms with Gasteiger partial charge in [0.25, 0.3) is 5.56 Å². The van der Waals surface area contributed by atoms with Crippen molar-refractivity contribution in [1.82, 2.24) is 14.7 Å². The van der Waals surface area contributed by atoms with E-state index in [1.54, 1.807) is 13.1 Å². The minimum absolute atomic E-state index is 0.101. The van der Waals surface area contributed by atoms with Gasteiger partial charge in [0.2, 0.25) is 5.91 Å². The Labute approximate surface area is 140 Å². The first kappa shape index (κ1) is 15.1. The first-order valence-corrected chi connectivity index (χ1v) is 8.28. The highest BCUT2D eigenvalue weighted by Crippen LogP contribution is 2.27. The Morgan fingerprint density at radius 2 is 2.00 bits per heavy atom. The summed E-state index contributed by atoms with van der Waals surface area (Å²) in [6.45, 7) is 2.53. The first-order chi connectivity index (χ1) is 11.6. The molecule has 0 saturated carbocycles. The van der Waals surface area contributed by atoms with Gasteiger partial charge >= 0.3 is 0 Å². The van der Waals surface area contributed by atoms with Crippen LogP contribution in [-0.2, 0) is 31.2 Å². The van der Waals surface area contributed by atoms with Gasteiger partial charge in [0.1, 0.15) is 0 Å². The monoisotopic (exact) mass is 324 g/mol. The van der Waals surface area contributed by atoms with Crippen molar-refractivity contribution in [3.05, 3.63) is 57.5 Å². The molecule has 1 aromatic carbocycles. The summed E-state index contributed by atoms with van der Waals surface area (Å²) in [7, 11) is 1.67. The number of amides is 1. The number of hydrogen-bond donors (Lipinski definition) is 0. The maximum Gasteiger partial charge on any atom is 0.266 e. The molecular formula is C18H20N4O2. The Bertz CT molecular complexity index is 858. The van der Waals surface area contributed by atoms with E-state index in [4.69, 9.17) is 0 Å². The number of hydrogen-bond acceptors (Lipinski definition) is 4. The number of para-hydroxylation sites is 1. The second-order valence-corrected chi connectivity index (χ2v) is 6.46. The smallest absolute Gasteiger partial charge is 0.266 e. The number of benzene rings is 1. The molecule has 3 heterocycles. The molecule has 0 N–H and O–H groups in total. The van der Waals surface area contributed by atoms with Gasteiger partial charge in [-0.3, -0.25) is 14.5 Å². The van der Waals surface area contributed by atoms with Gasteiger partial charge in [0, 0.05) is 44.9 Å². The molecule has 6 heteroatoms. The fraction of sp³-hybridized carbons (Fsp3) is 0.389. The van der Waals surface area contributed by atoms with Gasteiger partial charge in [-0.1, -0.05) is 18.2 Å². The van der Waals surface area contributed by atoms with E-state index in [0.29, 0.717) is 13.1 Å². The third-order valence-corrected chi connectivity index (χ3v) is 4.86. The van der Waals surface area contributed by atoms with Crippen LogP contribution in [0.1, 0.15) is 16.8 Å². The van der Waals surface area contributed by atoms with Crippen LogP contribution in [-0.4, -0.2) is 40.2 Å². The van der Waals surface area contributed by atoms with Crippen molar-refractivity contribution in [2.45, 2.75) is 19.4 Å². The molecule has 0 bridgehead atoms. The van der Waals surface area contributed by atoms with Crippen LogP contribution in [0.2, 0.25) is 0 Å². The van der Waals surface area contributed by atoms with E-state index in [-0.39, 0.29) is 11.5 Å². The summed E-state index contributed by atoms with van der Waals surface area (Å²) >= 11 is 0. The Kier molecular flexibility index (Phi) is 3.69. The summed E-state index contributed by atoms with van der Waals surface area (Å²) in [5.74, 6) is 0.125. The number of nitrogens with zero attached hydrogens (tertiary/aromatic N) is 4. The molecule has 1 amide bonds. The molecule has 24 heavy (non-hydrogen) atoms. The van der Waals surface area contributed by atoms with Crippen LogP contribution in [0.15, 0.2) is 35.1 Å². The first-order valence-electron chi connectivity index (χ1n) is 8.28. The molecule has 2 aliphatic rings. The zero-order valence-electron chi connectivity index (χ0n) is 13.7. The fourth-order valence-corrected chi connectivity index (χ4v) is 3.56. The van der Waals surface area contributed by atoms with E-state index >= 15 is 0 Å². The summed E-state index contributed by atoms with van der Waals surface area (Å²) in [4.78, 5) is 28.5. The van der Waals surface area contributed by atoms with Crippen LogP contribution in [0.3, 0.4) is 0 Å². The summed E-state index contributed by atoms with van der Waals surface area (Å²) in [5, 5.41) is 4.32. The summed E-state index contributed by atoms with van der Waals surface area (Å²) < 4.78 is 1.38. The van der Waals surface area contributed by atoms with Crippen molar-refractivity contribution in [3.8, 4) is 0 Å². The fourth-order valence-electron chi connectivity index (χ4n) is 3.56. The molecule has 0 aliphatic carbocycles. The predicted octanol–water partition coefficient (Wildman–Crippen LogP) is 0.728. The average molecular weight is 324 g/mol. The number of carbonyl (C=O) groups excluding carboxylic acids is 1. The molecule has 124 valence electrons. The quantitative estimate of drug-likeness (QED) is 0.817. The lowest BCUT2D eigenvalue weighted by atomic mass is 10.1. The van der Waals surface area contributed by atoms with E-state index < -0.39 is 0 Å². The standard InChI is InChI=1S/C18H20N4O2/c1-20-17(23)10-14-11-21(8-7-15(14)19-20)12-18(24)22-9-6-13-4-2-3-5-16(13)22/h2-5,10H,6-9,11-12H2,1H3. The summed E-state index contributed by atoms with van der Waals surface area (Å²) in [5.41, 5.74) is 4.08. The van der Waals surface area contributed by atoms with E-state index in [1.807, 2.05) is 23.1 Å². The Hall–Kier alpha value is -2.47. The van der Waals surface area contributed by atoms with E-state index in [0.717, 1.165) is 42.9 Å². The van der Waals surface area contributed by atoms with Crippen molar-refractivity contribution in [1.29, 1.82) is 0 Å². The molecule has 2 aromatic rings. The van der Waals surface area contributed by atoms with Crippen LogP contribution >= 0.6 is 0 Å². The molecule has 0 spiro atoms. The van der Waals surface area contributed by atoms with E-state index in [1.165, 1.54) is 10.2 Å². The summed E-state index contributed by atoms with van der Waals surface area (Å²) in [6, 6.07) is 9.73. The van der Waals surface area contributed by atoms with Crippen LogP contribution in [0, 0.1) is 0 Å². The lowest BCUT2D eigenvalue weighted by molar-refractivity contribution is -0.119. The van der Waals surface area contributed by atoms with Gasteiger partial charge in [-0.2, -0.15) is 5.10 Å². The average Bonchev–Trinajstić information content (AvgIpc) is 3.00. The Morgan fingerprint density at radius 1 is 1.17 bits per heavy atom. The zero-order chi connectivity index (χ0) is 16.7. The number of rotatable bonds is 2. The molecule has 6 nitrogen and oxygen atoms in total. The highest BCUT2D eigenvalue weighted by molar-refractivity contribution is 5.96. The third kappa shape index (κ3) is 2.63. The normalized spacial score (nSPS) is 16.8. The largest absolute Gasteiger partial charge is 0.311 e. The SMILES string of the molecule is Cn1nc2c(cc1=O)CN(CC(=O)N1CCc3ccccc31)CC2. The molecule has 0 atom stereocenters. The number of fused-ring (bicyclic) bond motifs is 2. The minimum atomic E-state index is -0.101. The van der Waals surface area contributed by atoms with Crippen molar-refractivity contribution in [3.63, 3.8) is 0 Å². The number of aromatic nitrogens is 2. The Balaban J connectivity index is 1.48. The molecule has 0 radical (unpaired) electrons. The third-order valence-electron chi connectivity index (χ3n) is 4.86. The minimum Gasteiger partial charge on any atom is -0.311 e.